The number of ether oxygens (including phenoxy) is 3. The molecule has 0 aliphatic heterocycles. The number of hydrogen-bond acceptors (Lipinski definition) is 6. The molecular weight excluding hydrogens is 757 g/mol. The molecule has 356 valence electrons. The van der Waals surface area contributed by atoms with Crippen LogP contribution in [0.3, 0.4) is 0 Å². The third-order valence-electron chi connectivity index (χ3n) is 11.6. The van der Waals surface area contributed by atoms with Crippen LogP contribution in [0, 0.1) is 0 Å². The third kappa shape index (κ3) is 48.5. The second-order valence-electron chi connectivity index (χ2n) is 17.8. The first kappa shape index (κ1) is 58.6. The topological polar surface area (TPSA) is 78.9 Å². The zero-order chi connectivity index (χ0) is 44.4. The maximum Gasteiger partial charge on any atom is 0.306 e. The second kappa shape index (κ2) is 50.3. The van der Waals surface area contributed by atoms with Crippen molar-refractivity contribution >= 4 is 17.9 Å². The maximum absolute atomic E-state index is 12.8. The van der Waals surface area contributed by atoms with Crippen LogP contribution in [0.2, 0.25) is 0 Å². The molecule has 0 N–H and O–H groups in total. The predicted octanol–water partition coefficient (Wildman–Crippen LogP) is 17.3. The number of allylic oxidation sites excluding steroid dienone is 6. The molecule has 0 aromatic carbocycles. The molecule has 0 amide bonds. The van der Waals surface area contributed by atoms with Gasteiger partial charge in [-0.3, -0.25) is 14.4 Å². The SMILES string of the molecule is CCCCCCC=CCCCCCCCCCC(=O)OC(COC(=O)CCCCCCCC=CCCCCCC)COC(=O)CCCCCCCC=CCCCCCCCC. The fourth-order valence-corrected chi connectivity index (χ4v) is 7.54. The van der Waals surface area contributed by atoms with E-state index in [1.165, 1.54) is 167 Å². The van der Waals surface area contributed by atoms with Gasteiger partial charge in [0.25, 0.3) is 0 Å². The number of carbonyl (C=O) groups is 3. The molecule has 0 aromatic rings. The summed E-state index contributed by atoms with van der Waals surface area (Å²) in [6.45, 7) is 6.61. The van der Waals surface area contributed by atoms with Gasteiger partial charge in [-0.05, 0) is 96.3 Å². The second-order valence-corrected chi connectivity index (χ2v) is 17.8. The van der Waals surface area contributed by atoms with Crippen molar-refractivity contribution in [1.82, 2.24) is 0 Å². The molecule has 0 saturated heterocycles. The average molecular weight is 857 g/mol. The Bertz CT molecular complexity index is 1030. The van der Waals surface area contributed by atoms with Crippen LogP contribution in [-0.4, -0.2) is 37.2 Å². The first-order valence-electron chi connectivity index (χ1n) is 26.5. The molecular formula is C55H100O6. The van der Waals surface area contributed by atoms with E-state index in [1.807, 2.05) is 0 Å². The maximum atomic E-state index is 12.8. The molecule has 0 aliphatic carbocycles. The van der Waals surface area contributed by atoms with Gasteiger partial charge in [-0.1, -0.05) is 198 Å². The van der Waals surface area contributed by atoms with Gasteiger partial charge in [0.1, 0.15) is 13.2 Å². The summed E-state index contributed by atoms with van der Waals surface area (Å²) in [5.74, 6) is -0.891. The largest absolute Gasteiger partial charge is 0.462 e. The molecule has 1 unspecified atom stereocenters. The summed E-state index contributed by atoms with van der Waals surface area (Å²) in [4.78, 5) is 38.0. The fraction of sp³-hybridized carbons (Fsp3) is 0.836. The predicted molar refractivity (Wildman–Crippen MR) is 261 cm³/mol. The van der Waals surface area contributed by atoms with Crippen LogP contribution in [0.5, 0.6) is 0 Å². The van der Waals surface area contributed by atoms with E-state index in [9.17, 15) is 14.4 Å². The smallest absolute Gasteiger partial charge is 0.306 e. The monoisotopic (exact) mass is 857 g/mol. The van der Waals surface area contributed by atoms with Crippen LogP contribution in [0.4, 0.5) is 0 Å². The van der Waals surface area contributed by atoms with Crippen LogP contribution in [0.25, 0.3) is 0 Å². The van der Waals surface area contributed by atoms with Crippen molar-refractivity contribution in [3.8, 4) is 0 Å². The van der Waals surface area contributed by atoms with Crippen LogP contribution < -0.4 is 0 Å². The summed E-state index contributed by atoms with van der Waals surface area (Å²) in [5, 5.41) is 0. The van der Waals surface area contributed by atoms with Crippen molar-refractivity contribution < 1.29 is 28.6 Å². The van der Waals surface area contributed by atoms with Crippen LogP contribution in [0.1, 0.15) is 278 Å². The van der Waals surface area contributed by atoms with Crippen LogP contribution in [-0.2, 0) is 28.6 Å². The molecule has 0 bridgehead atoms. The lowest BCUT2D eigenvalue weighted by Gasteiger charge is -2.18. The summed E-state index contributed by atoms with van der Waals surface area (Å²) in [5.41, 5.74) is 0. The Morgan fingerprint density at radius 3 is 0.836 bits per heavy atom. The Hall–Kier alpha value is -2.37. The summed E-state index contributed by atoms with van der Waals surface area (Å²) < 4.78 is 16.8. The number of unbranched alkanes of at least 4 members (excludes halogenated alkanes) is 31. The van der Waals surface area contributed by atoms with Gasteiger partial charge in [-0.2, -0.15) is 0 Å². The summed E-state index contributed by atoms with van der Waals surface area (Å²) in [6, 6.07) is 0. The molecule has 6 nitrogen and oxygen atoms in total. The molecule has 0 fully saturated rings. The summed E-state index contributed by atoms with van der Waals surface area (Å²) in [6.07, 6.45) is 58.3. The molecule has 1 atom stereocenters. The highest BCUT2D eigenvalue weighted by molar-refractivity contribution is 5.71. The van der Waals surface area contributed by atoms with E-state index >= 15 is 0 Å². The van der Waals surface area contributed by atoms with Crippen molar-refractivity contribution in [2.75, 3.05) is 13.2 Å². The number of hydrogen-bond donors (Lipinski definition) is 0. The van der Waals surface area contributed by atoms with Gasteiger partial charge in [-0.25, -0.2) is 0 Å². The zero-order valence-electron chi connectivity index (χ0n) is 40.7. The first-order chi connectivity index (χ1) is 30.0. The highest BCUT2D eigenvalue weighted by Crippen LogP contribution is 2.15. The highest BCUT2D eigenvalue weighted by Gasteiger charge is 2.19. The van der Waals surface area contributed by atoms with Crippen LogP contribution >= 0.6 is 0 Å². The van der Waals surface area contributed by atoms with E-state index in [0.717, 1.165) is 70.6 Å². The third-order valence-corrected chi connectivity index (χ3v) is 11.6. The molecule has 0 heterocycles. The van der Waals surface area contributed by atoms with Gasteiger partial charge in [0.15, 0.2) is 6.10 Å². The van der Waals surface area contributed by atoms with E-state index in [4.69, 9.17) is 14.2 Å². The molecule has 0 aromatic heterocycles. The van der Waals surface area contributed by atoms with Crippen molar-refractivity contribution in [1.29, 1.82) is 0 Å². The Balaban J connectivity index is 4.38. The van der Waals surface area contributed by atoms with Crippen molar-refractivity contribution in [2.24, 2.45) is 0 Å². The van der Waals surface area contributed by atoms with Crippen molar-refractivity contribution in [2.45, 2.75) is 284 Å². The Kier molecular flexibility index (Phi) is 48.3. The molecule has 0 saturated carbocycles. The average Bonchev–Trinajstić information content (AvgIpc) is 3.26. The number of carbonyl (C=O) groups excluding carboxylic acids is 3. The van der Waals surface area contributed by atoms with Gasteiger partial charge < -0.3 is 14.2 Å². The Morgan fingerprint density at radius 1 is 0.311 bits per heavy atom. The first-order valence-corrected chi connectivity index (χ1v) is 26.5. The summed E-state index contributed by atoms with van der Waals surface area (Å²) >= 11 is 0. The lowest BCUT2D eigenvalue weighted by atomic mass is 10.1. The molecule has 0 aliphatic rings. The van der Waals surface area contributed by atoms with Gasteiger partial charge in [0, 0.05) is 19.3 Å². The molecule has 6 heteroatoms. The van der Waals surface area contributed by atoms with E-state index in [1.54, 1.807) is 0 Å². The standard InChI is InChI=1S/C55H100O6/c1-4-7-10-13-16-19-22-25-27-30-33-36-39-42-45-48-54(57)60-51-52(50-59-53(56)47-44-41-38-35-32-29-24-21-18-15-12-9-6-3)61-55(58)49-46-43-40-37-34-31-28-26-23-20-17-14-11-8-5-2/h20-21,23-25,27,52H,4-19,22,26,28-51H2,1-3H3. The Morgan fingerprint density at radius 2 is 0.541 bits per heavy atom. The van der Waals surface area contributed by atoms with E-state index in [0.29, 0.717) is 19.3 Å². The van der Waals surface area contributed by atoms with E-state index in [2.05, 4.69) is 57.2 Å². The highest BCUT2D eigenvalue weighted by atomic mass is 16.6. The van der Waals surface area contributed by atoms with E-state index in [-0.39, 0.29) is 31.1 Å². The number of esters is 3. The normalized spacial score (nSPS) is 12.2. The minimum Gasteiger partial charge on any atom is -0.462 e. The van der Waals surface area contributed by atoms with Gasteiger partial charge in [0.2, 0.25) is 0 Å². The molecule has 0 rings (SSSR count). The molecule has 0 radical (unpaired) electrons. The van der Waals surface area contributed by atoms with Crippen LogP contribution in [0.15, 0.2) is 36.5 Å². The van der Waals surface area contributed by atoms with Crippen molar-refractivity contribution in [3.63, 3.8) is 0 Å². The number of rotatable bonds is 48. The van der Waals surface area contributed by atoms with Gasteiger partial charge >= 0.3 is 17.9 Å². The minimum atomic E-state index is -0.778. The summed E-state index contributed by atoms with van der Waals surface area (Å²) in [7, 11) is 0. The lowest BCUT2D eigenvalue weighted by Crippen LogP contribution is -2.30. The van der Waals surface area contributed by atoms with E-state index < -0.39 is 6.10 Å². The quantitative estimate of drug-likeness (QED) is 0.0262. The van der Waals surface area contributed by atoms with Crippen molar-refractivity contribution in [3.05, 3.63) is 36.5 Å². The Labute approximate surface area is 378 Å². The fourth-order valence-electron chi connectivity index (χ4n) is 7.54. The van der Waals surface area contributed by atoms with Gasteiger partial charge in [-0.15, -0.1) is 0 Å². The molecule has 61 heavy (non-hydrogen) atoms. The minimum absolute atomic E-state index is 0.0792. The molecule has 0 spiro atoms. The zero-order valence-corrected chi connectivity index (χ0v) is 40.7. The lowest BCUT2D eigenvalue weighted by molar-refractivity contribution is -0.167. The van der Waals surface area contributed by atoms with Gasteiger partial charge in [0.05, 0.1) is 0 Å².